The maximum atomic E-state index is 5.49. The van der Waals surface area contributed by atoms with E-state index < -0.39 is 0 Å². The molecule has 3 rings (SSSR count). The summed E-state index contributed by atoms with van der Waals surface area (Å²) in [5.41, 5.74) is 1.98. The molecule has 2 aromatic rings. The Balaban J connectivity index is 1.53. The van der Waals surface area contributed by atoms with Gasteiger partial charge in [0.2, 0.25) is 0 Å². The zero-order chi connectivity index (χ0) is 18.2. The Kier molecular flexibility index (Phi) is 6.80. The third-order valence-corrected chi connectivity index (χ3v) is 4.90. The zero-order valence-electron chi connectivity index (χ0n) is 14.6. The fraction of sp³-hybridized carbons (Fsp3) is 0.300. The predicted molar refractivity (Wildman–Crippen MR) is 118 cm³/mol. The molecule has 0 bridgehead atoms. The SMILES string of the molecule is S=C(Nc1ccccc1)N[C@H]1CCCC[C@@H]1NC(=S)Nc1ccccc1. The maximum Gasteiger partial charge on any atom is 0.171 e. The van der Waals surface area contributed by atoms with Gasteiger partial charge >= 0.3 is 0 Å². The molecular formula is C20H24N4S2. The van der Waals surface area contributed by atoms with Crippen LogP contribution in [0.25, 0.3) is 0 Å². The van der Waals surface area contributed by atoms with Gasteiger partial charge in [-0.2, -0.15) is 0 Å². The van der Waals surface area contributed by atoms with Gasteiger partial charge in [-0.15, -0.1) is 0 Å². The number of hydrogen-bond donors (Lipinski definition) is 4. The van der Waals surface area contributed by atoms with Gasteiger partial charge in [0.05, 0.1) is 0 Å². The van der Waals surface area contributed by atoms with Crippen LogP contribution in [-0.4, -0.2) is 22.3 Å². The fourth-order valence-electron chi connectivity index (χ4n) is 3.19. The van der Waals surface area contributed by atoms with Crippen LogP contribution in [0.1, 0.15) is 25.7 Å². The normalized spacial score (nSPS) is 19.2. The minimum Gasteiger partial charge on any atom is -0.358 e. The molecule has 136 valence electrons. The molecule has 26 heavy (non-hydrogen) atoms. The topological polar surface area (TPSA) is 48.1 Å². The maximum absolute atomic E-state index is 5.49. The smallest absolute Gasteiger partial charge is 0.171 e. The Bertz CT molecular complexity index is 658. The molecule has 0 aliphatic heterocycles. The Morgan fingerprint density at radius 2 is 1.04 bits per heavy atom. The quantitative estimate of drug-likeness (QED) is 0.591. The summed E-state index contributed by atoms with van der Waals surface area (Å²) in [5, 5.41) is 14.7. The molecule has 2 aromatic carbocycles. The van der Waals surface area contributed by atoms with Gasteiger partial charge < -0.3 is 21.3 Å². The van der Waals surface area contributed by atoms with Crippen molar-refractivity contribution < 1.29 is 0 Å². The number of nitrogens with one attached hydrogen (secondary N) is 4. The van der Waals surface area contributed by atoms with Gasteiger partial charge in [0, 0.05) is 23.5 Å². The largest absolute Gasteiger partial charge is 0.358 e. The number of anilines is 2. The summed E-state index contributed by atoms with van der Waals surface area (Å²) in [4.78, 5) is 0. The number of para-hydroxylation sites is 2. The van der Waals surface area contributed by atoms with Crippen molar-refractivity contribution in [2.45, 2.75) is 37.8 Å². The number of thiocarbonyl (C=S) groups is 2. The van der Waals surface area contributed by atoms with Crippen molar-refractivity contribution in [3.8, 4) is 0 Å². The van der Waals surface area contributed by atoms with E-state index in [1.54, 1.807) is 0 Å². The summed E-state index contributed by atoms with van der Waals surface area (Å²) >= 11 is 11.0. The van der Waals surface area contributed by atoms with Crippen LogP contribution >= 0.6 is 24.4 Å². The van der Waals surface area contributed by atoms with Crippen molar-refractivity contribution in [1.82, 2.24) is 10.6 Å². The molecule has 0 unspecified atom stereocenters. The van der Waals surface area contributed by atoms with Crippen LogP contribution in [-0.2, 0) is 0 Å². The molecule has 4 nitrogen and oxygen atoms in total. The Hall–Kier alpha value is -2.18. The van der Waals surface area contributed by atoms with Gasteiger partial charge in [-0.25, -0.2) is 0 Å². The lowest BCUT2D eigenvalue weighted by molar-refractivity contribution is 0.340. The first-order chi connectivity index (χ1) is 12.7. The van der Waals surface area contributed by atoms with Gasteiger partial charge in [-0.3, -0.25) is 0 Å². The van der Waals surface area contributed by atoms with E-state index in [9.17, 15) is 0 Å². The lowest BCUT2D eigenvalue weighted by Gasteiger charge is -2.34. The summed E-state index contributed by atoms with van der Waals surface area (Å²) in [6, 6.07) is 20.5. The van der Waals surface area contributed by atoms with Gasteiger partial charge in [0.15, 0.2) is 10.2 Å². The van der Waals surface area contributed by atoms with E-state index in [1.165, 1.54) is 12.8 Å². The van der Waals surface area contributed by atoms with E-state index in [0.717, 1.165) is 24.2 Å². The first kappa shape index (κ1) is 18.6. The summed E-state index contributed by atoms with van der Waals surface area (Å²) in [6.45, 7) is 0. The molecule has 0 heterocycles. The van der Waals surface area contributed by atoms with Crippen molar-refractivity contribution in [3.05, 3.63) is 60.7 Å². The third-order valence-electron chi connectivity index (χ3n) is 4.46. The standard InChI is InChI=1S/C20H24N4S2/c25-19(21-15-9-3-1-4-10-15)23-17-13-7-8-14-18(17)24-20(26)22-16-11-5-2-6-12-16/h1-6,9-12,17-18H,7-8,13-14H2,(H2,21,23,25)(H2,22,24,26)/t17-,18-/m0/s1. The van der Waals surface area contributed by atoms with Crippen molar-refractivity contribution >= 4 is 46.0 Å². The second kappa shape index (κ2) is 9.50. The van der Waals surface area contributed by atoms with Crippen LogP contribution < -0.4 is 21.3 Å². The molecule has 0 saturated heterocycles. The Morgan fingerprint density at radius 1 is 0.654 bits per heavy atom. The molecule has 2 atom stereocenters. The monoisotopic (exact) mass is 384 g/mol. The minimum absolute atomic E-state index is 0.253. The summed E-state index contributed by atoms with van der Waals surface area (Å²) in [5.74, 6) is 0. The lowest BCUT2D eigenvalue weighted by atomic mass is 9.90. The molecule has 0 aromatic heterocycles. The number of benzene rings is 2. The van der Waals surface area contributed by atoms with Crippen molar-refractivity contribution in [1.29, 1.82) is 0 Å². The second-order valence-electron chi connectivity index (χ2n) is 6.43. The minimum atomic E-state index is 0.253. The number of hydrogen-bond acceptors (Lipinski definition) is 2. The van der Waals surface area contributed by atoms with Gasteiger partial charge in [0.25, 0.3) is 0 Å². The van der Waals surface area contributed by atoms with Gasteiger partial charge in [-0.05, 0) is 61.5 Å². The van der Waals surface area contributed by atoms with E-state index in [0.29, 0.717) is 10.2 Å². The van der Waals surface area contributed by atoms with E-state index in [4.69, 9.17) is 24.4 Å². The van der Waals surface area contributed by atoms with E-state index in [-0.39, 0.29) is 12.1 Å². The summed E-state index contributed by atoms with van der Waals surface area (Å²) < 4.78 is 0. The predicted octanol–water partition coefficient (Wildman–Crippen LogP) is 4.27. The Morgan fingerprint density at radius 3 is 1.42 bits per heavy atom. The number of rotatable bonds is 4. The summed E-state index contributed by atoms with van der Waals surface area (Å²) in [6.07, 6.45) is 4.54. The lowest BCUT2D eigenvalue weighted by Crippen LogP contribution is -2.54. The first-order valence-electron chi connectivity index (χ1n) is 8.96. The average Bonchev–Trinajstić information content (AvgIpc) is 2.65. The molecule has 1 aliphatic carbocycles. The van der Waals surface area contributed by atoms with E-state index >= 15 is 0 Å². The molecule has 1 aliphatic rings. The van der Waals surface area contributed by atoms with E-state index in [2.05, 4.69) is 21.3 Å². The second-order valence-corrected chi connectivity index (χ2v) is 7.24. The molecule has 4 N–H and O–H groups in total. The van der Waals surface area contributed by atoms with Crippen molar-refractivity contribution in [2.75, 3.05) is 10.6 Å². The molecule has 0 radical (unpaired) electrons. The fourth-order valence-corrected chi connectivity index (χ4v) is 3.73. The Labute approximate surface area is 165 Å². The van der Waals surface area contributed by atoms with Crippen LogP contribution in [0, 0.1) is 0 Å². The van der Waals surface area contributed by atoms with Crippen molar-refractivity contribution in [3.63, 3.8) is 0 Å². The highest BCUT2D eigenvalue weighted by Gasteiger charge is 2.26. The molecule has 1 saturated carbocycles. The third kappa shape index (κ3) is 5.68. The highest BCUT2D eigenvalue weighted by molar-refractivity contribution is 7.80. The van der Waals surface area contributed by atoms with Crippen LogP contribution in [0.3, 0.4) is 0 Å². The molecule has 6 heteroatoms. The van der Waals surface area contributed by atoms with Crippen LogP contribution in [0.2, 0.25) is 0 Å². The zero-order valence-corrected chi connectivity index (χ0v) is 16.2. The highest BCUT2D eigenvalue weighted by Crippen LogP contribution is 2.19. The molecule has 0 amide bonds. The highest BCUT2D eigenvalue weighted by atomic mass is 32.1. The average molecular weight is 385 g/mol. The van der Waals surface area contributed by atoms with Gasteiger partial charge in [-0.1, -0.05) is 49.2 Å². The molecule has 0 spiro atoms. The summed E-state index contributed by atoms with van der Waals surface area (Å²) in [7, 11) is 0. The molecule has 1 fully saturated rings. The van der Waals surface area contributed by atoms with Crippen LogP contribution in [0.5, 0.6) is 0 Å². The van der Waals surface area contributed by atoms with Crippen LogP contribution in [0.15, 0.2) is 60.7 Å². The van der Waals surface area contributed by atoms with Crippen LogP contribution in [0.4, 0.5) is 11.4 Å². The van der Waals surface area contributed by atoms with E-state index in [1.807, 2.05) is 60.7 Å². The van der Waals surface area contributed by atoms with Gasteiger partial charge in [0.1, 0.15) is 0 Å². The van der Waals surface area contributed by atoms with Crippen molar-refractivity contribution in [2.24, 2.45) is 0 Å². The molecular weight excluding hydrogens is 360 g/mol. The first-order valence-corrected chi connectivity index (χ1v) is 9.77.